The molecule has 0 bridgehead atoms. The number of hydrogen-bond acceptors (Lipinski definition) is 4. The lowest BCUT2D eigenvalue weighted by Crippen LogP contribution is -2.33. The number of carbonyl (C=O) groups is 1. The summed E-state index contributed by atoms with van der Waals surface area (Å²) in [5, 5.41) is 6.19. The second-order valence-electron chi connectivity index (χ2n) is 5.20. The lowest BCUT2D eigenvalue weighted by atomic mass is 10.2. The highest BCUT2D eigenvalue weighted by Gasteiger charge is 2.05. The lowest BCUT2D eigenvalue weighted by Gasteiger charge is -2.06. The highest BCUT2D eigenvalue weighted by Crippen LogP contribution is 2.24. The largest absolute Gasteiger partial charge is 0.457 e. The summed E-state index contributed by atoms with van der Waals surface area (Å²) in [4.78, 5) is 16.0. The summed E-state index contributed by atoms with van der Waals surface area (Å²) < 4.78 is 5.69. The van der Waals surface area contributed by atoms with Crippen molar-refractivity contribution in [2.45, 2.75) is 0 Å². The van der Waals surface area contributed by atoms with E-state index in [1.165, 1.54) is 6.08 Å². The van der Waals surface area contributed by atoms with Crippen LogP contribution in [-0.4, -0.2) is 16.0 Å². The number of thiocarbonyl (C=S) groups is 1. The zero-order chi connectivity index (χ0) is 18.4. The van der Waals surface area contributed by atoms with Crippen LogP contribution in [0.15, 0.2) is 71.3 Å². The predicted molar refractivity (Wildman–Crippen MR) is 107 cm³/mol. The number of carbonyl (C=O) groups excluding carboxylic acids is 1. The van der Waals surface area contributed by atoms with Gasteiger partial charge in [-0.25, -0.2) is 4.98 Å². The minimum absolute atomic E-state index is 0.166. The monoisotopic (exact) mass is 383 g/mol. The SMILES string of the molecule is O=C(/C=C/c1ccc(-c2ccc(Cl)cc2)o1)NC(=S)Nc1ccccn1. The molecule has 0 aliphatic heterocycles. The van der Waals surface area contributed by atoms with Crippen molar-refractivity contribution < 1.29 is 9.21 Å². The van der Waals surface area contributed by atoms with E-state index in [9.17, 15) is 4.79 Å². The highest BCUT2D eigenvalue weighted by molar-refractivity contribution is 7.80. The Labute approximate surface area is 160 Å². The van der Waals surface area contributed by atoms with Crippen molar-refractivity contribution in [3.05, 3.63) is 77.7 Å². The molecule has 0 aliphatic rings. The Morgan fingerprint density at radius 3 is 2.65 bits per heavy atom. The average molecular weight is 384 g/mol. The molecule has 1 amide bonds. The number of nitrogens with zero attached hydrogens (tertiary/aromatic N) is 1. The van der Waals surface area contributed by atoms with E-state index in [1.807, 2.05) is 24.3 Å². The van der Waals surface area contributed by atoms with Gasteiger partial charge in [-0.1, -0.05) is 17.7 Å². The maximum Gasteiger partial charge on any atom is 0.250 e. The van der Waals surface area contributed by atoms with Gasteiger partial charge in [0.05, 0.1) is 0 Å². The summed E-state index contributed by atoms with van der Waals surface area (Å²) in [6.45, 7) is 0. The fraction of sp³-hybridized carbons (Fsp3) is 0. The molecule has 0 spiro atoms. The number of anilines is 1. The van der Waals surface area contributed by atoms with Gasteiger partial charge >= 0.3 is 0 Å². The van der Waals surface area contributed by atoms with E-state index in [0.29, 0.717) is 22.4 Å². The van der Waals surface area contributed by atoms with Crippen molar-refractivity contribution in [3.63, 3.8) is 0 Å². The van der Waals surface area contributed by atoms with Gasteiger partial charge in [-0.15, -0.1) is 0 Å². The average Bonchev–Trinajstić information content (AvgIpc) is 3.10. The molecule has 1 aromatic carbocycles. The molecule has 0 radical (unpaired) electrons. The fourth-order valence-corrected chi connectivity index (χ4v) is 2.44. The number of nitrogens with one attached hydrogen (secondary N) is 2. The van der Waals surface area contributed by atoms with E-state index in [0.717, 1.165) is 5.56 Å². The van der Waals surface area contributed by atoms with Crippen LogP contribution in [0.3, 0.4) is 0 Å². The van der Waals surface area contributed by atoms with Crippen LogP contribution in [0.1, 0.15) is 5.76 Å². The van der Waals surface area contributed by atoms with E-state index in [4.69, 9.17) is 28.2 Å². The van der Waals surface area contributed by atoms with Gasteiger partial charge in [0, 0.05) is 22.9 Å². The number of amides is 1. The number of rotatable bonds is 4. The van der Waals surface area contributed by atoms with Gasteiger partial charge in [-0.2, -0.15) is 0 Å². The summed E-state index contributed by atoms with van der Waals surface area (Å²) >= 11 is 10.9. The molecule has 2 N–H and O–H groups in total. The number of furan rings is 1. The van der Waals surface area contributed by atoms with Crippen LogP contribution in [0.25, 0.3) is 17.4 Å². The van der Waals surface area contributed by atoms with Gasteiger partial charge in [0.1, 0.15) is 17.3 Å². The predicted octanol–water partition coefficient (Wildman–Crippen LogP) is 4.52. The van der Waals surface area contributed by atoms with Crippen LogP contribution in [0.4, 0.5) is 5.82 Å². The standard InChI is InChI=1S/C19H14ClN3O2S/c20-14-6-4-13(5-7-14)16-10-8-15(25-16)9-11-18(24)23-19(26)22-17-3-1-2-12-21-17/h1-12H,(H2,21,22,23,24,26)/b11-9+. The number of pyridine rings is 1. The van der Waals surface area contributed by atoms with Gasteiger partial charge in [-0.3, -0.25) is 10.1 Å². The number of aromatic nitrogens is 1. The second-order valence-corrected chi connectivity index (χ2v) is 6.05. The van der Waals surface area contributed by atoms with Crippen LogP contribution in [0, 0.1) is 0 Å². The summed E-state index contributed by atoms with van der Waals surface area (Å²) in [7, 11) is 0. The first-order chi connectivity index (χ1) is 12.6. The molecule has 7 heteroatoms. The molecule has 0 saturated carbocycles. The maximum atomic E-state index is 11.9. The molecule has 5 nitrogen and oxygen atoms in total. The first-order valence-electron chi connectivity index (χ1n) is 7.67. The van der Waals surface area contributed by atoms with E-state index >= 15 is 0 Å². The van der Waals surface area contributed by atoms with Gasteiger partial charge < -0.3 is 9.73 Å². The van der Waals surface area contributed by atoms with Crippen LogP contribution in [0.2, 0.25) is 5.02 Å². The molecular weight excluding hydrogens is 370 g/mol. The van der Waals surface area contributed by atoms with E-state index < -0.39 is 0 Å². The van der Waals surface area contributed by atoms with Crippen LogP contribution < -0.4 is 10.6 Å². The summed E-state index contributed by atoms with van der Waals surface area (Å²) in [5.74, 6) is 1.42. The summed E-state index contributed by atoms with van der Waals surface area (Å²) in [5.41, 5.74) is 0.902. The van der Waals surface area contributed by atoms with Gasteiger partial charge in [0.15, 0.2) is 5.11 Å². The Morgan fingerprint density at radius 2 is 1.92 bits per heavy atom. The first kappa shape index (κ1) is 17.8. The second kappa shape index (κ2) is 8.42. The van der Waals surface area contributed by atoms with E-state index in [1.54, 1.807) is 42.6 Å². The van der Waals surface area contributed by atoms with Gasteiger partial charge in [-0.05, 0) is 66.8 Å². The Kier molecular flexibility index (Phi) is 5.78. The molecular formula is C19H14ClN3O2S. The van der Waals surface area contributed by atoms with Crippen molar-refractivity contribution in [2.75, 3.05) is 5.32 Å². The lowest BCUT2D eigenvalue weighted by molar-refractivity contribution is -0.115. The third-order valence-corrected chi connectivity index (χ3v) is 3.75. The molecule has 2 heterocycles. The Hall–Kier alpha value is -2.96. The molecule has 130 valence electrons. The molecule has 26 heavy (non-hydrogen) atoms. The third-order valence-electron chi connectivity index (χ3n) is 3.30. The topological polar surface area (TPSA) is 67.2 Å². The number of halogens is 1. The molecule has 0 fully saturated rings. The Bertz CT molecular complexity index is 937. The molecule has 0 atom stereocenters. The van der Waals surface area contributed by atoms with Gasteiger partial charge in [0.2, 0.25) is 5.91 Å². The summed E-state index contributed by atoms with van der Waals surface area (Å²) in [6.07, 6.45) is 4.54. The zero-order valence-electron chi connectivity index (χ0n) is 13.5. The molecule has 3 rings (SSSR count). The van der Waals surface area contributed by atoms with Crippen molar-refractivity contribution in [3.8, 4) is 11.3 Å². The van der Waals surface area contributed by atoms with Crippen LogP contribution in [-0.2, 0) is 4.79 Å². The third kappa shape index (κ3) is 5.02. The molecule has 0 saturated heterocycles. The Morgan fingerprint density at radius 1 is 1.12 bits per heavy atom. The number of hydrogen-bond donors (Lipinski definition) is 2. The summed E-state index contributed by atoms with van der Waals surface area (Å²) in [6, 6.07) is 16.3. The van der Waals surface area contributed by atoms with E-state index in [-0.39, 0.29) is 11.0 Å². The molecule has 0 aliphatic carbocycles. The van der Waals surface area contributed by atoms with Crippen molar-refractivity contribution >= 4 is 46.7 Å². The molecule has 3 aromatic rings. The van der Waals surface area contributed by atoms with Crippen molar-refractivity contribution in [1.82, 2.24) is 10.3 Å². The normalized spacial score (nSPS) is 10.7. The zero-order valence-corrected chi connectivity index (χ0v) is 15.1. The maximum absolute atomic E-state index is 11.9. The highest BCUT2D eigenvalue weighted by atomic mass is 35.5. The molecule has 0 unspecified atom stereocenters. The fourth-order valence-electron chi connectivity index (χ4n) is 2.11. The van der Waals surface area contributed by atoms with E-state index in [2.05, 4.69) is 15.6 Å². The smallest absolute Gasteiger partial charge is 0.250 e. The molecule has 2 aromatic heterocycles. The van der Waals surface area contributed by atoms with Crippen LogP contribution in [0.5, 0.6) is 0 Å². The van der Waals surface area contributed by atoms with Gasteiger partial charge in [0.25, 0.3) is 0 Å². The number of benzene rings is 1. The van der Waals surface area contributed by atoms with Crippen molar-refractivity contribution in [1.29, 1.82) is 0 Å². The minimum atomic E-state index is -0.372. The van der Waals surface area contributed by atoms with Crippen molar-refractivity contribution in [2.24, 2.45) is 0 Å². The first-order valence-corrected chi connectivity index (χ1v) is 8.45. The quantitative estimate of drug-likeness (QED) is 0.512. The Balaban J connectivity index is 1.56. The minimum Gasteiger partial charge on any atom is -0.457 e. The van der Waals surface area contributed by atoms with Crippen LogP contribution >= 0.6 is 23.8 Å².